The van der Waals surface area contributed by atoms with Crippen LogP contribution in [-0.2, 0) is 0 Å². The van der Waals surface area contributed by atoms with Gasteiger partial charge in [-0.15, -0.1) is 11.3 Å². The summed E-state index contributed by atoms with van der Waals surface area (Å²) in [4.78, 5) is 15.4. The number of benzene rings is 6. The number of thiophene rings is 1. The van der Waals surface area contributed by atoms with Crippen LogP contribution in [0.15, 0.2) is 146 Å². The lowest BCUT2D eigenvalue weighted by Gasteiger charge is -2.11. The van der Waals surface area contributed by atoms with Crippen molar-refractivity contribution in [3.8, 4) is 39.9 Å². The van der Waals surface area contributed by atoms with Gasteiger partial charge in [0.15, 0.2) is 11.6 Å². The first-order valence-corrected chi connectivity index (χ1v) is 15.4. The minimum Gasteiger partial charge on any atom is -0.278 e. The highest BCUT2D eigenvalue weighted by atomic mass is 32.1. The lowest BCUT2D eigenvalue weighted by molar-refractivity contribution is 0.954. The predicted octanol–water partition coefficient (Wildman–Crippen LogP) is 10.3. The molecule has 4 nitrogen and oxygen atoms in total. The zero-order valence-corrected chi connectivity index (χ0v) is 24.4. The van der Waals surface area contributed by atoms with Gasteiger partial charge in [-0.2, -0.15) is 9.97 Å². The third-order valence-corrected chi connectivity index (χ3v) is 9.50. The first-order valence-electron chi connectivity index (χ1n) is 14.6. The van der Waals surface area contributed by atoms with Gasteiger partial charge < -0.3 is 0 Å². The quantitative estimate of drug-likeness (QED) is 0.208. The number of rotatable bonds is 4. The maximum absolute atomic E-state index is 5.20. The van der Waals surface area contributed by atoms with Crippen LogP contribution in [0, 0.1) is 0 Å². The van der Waals surface area contributed by atoms with Crippen molar-refractivity contribution in [2.45, 2.75) is 0 Å². The second-order valence-corrected chi connectivity index (χ2v) is 11.9. The van der Waals surface area contributed by atoms with Gasteiger partial charge in [-0.25, -0.2) is 4.98 Å². The molecule has 0 aliphatic rings. The van der Waals surface area contributed by atoms with Crippen LogP contribution < -0.4 is 0 Å². The molecule has 0 N–H and O–H groups in total. The summed E-state index contributed by atoms with van der Waals surface area (Å²) in [7, 11) is 0. The second kappa shape index (κ2) is 9.97. The van der Waals surface area contributed by atoms with E-state index in [1.54, 1.807) is 11.3 Å². The Morgan fingerprint density at radius 3 is 1.77 bits per heavy atom. The summed E-state index contributed by atoms with van der Waals surface area (Å²) >= 11 is 1.79. The Balaban J connectivity index is 1.31. The molecular formula is C39H24N4S. The van der Waals surface area contributed by atoms with Gasteiger partial charge in [0.2, 0.25) is 5.95 Å². The van der Waals surface area contributed by atoms with Gasteiger partial charge in [-0.3, -0.25) is 4.57 Å². The van der Waals surface area contributed by atoms with Crippen molar-refractivity contribution in [1.82, 2.24) is 19.5 Å². The van der Waals surface area contributed by atoms with E-state index in [0.717, 1.165) is 22.2 Å². The van der Waals surface area contributed by atoms with Crippen molar-refractivity contribution in [2.24, 2.45) is 0 Å². The van der Waals surface area contributed by atoms with E-state index in [-0.39, 0.29) is 0 Å². The SMILES string of the molecule is c1ccc(-c2ccc3sc4c(-c5nc(-c6ccccc6)nc(-n6c7ccccc7c7ccccc76)n5)cccc4c3c2)cc1. The maximum Gasteiger partial charge on any atom is 0.238 e. The lowest BCUT2D eigenvalue weighted by Crippen LogP contribution is -2.06. The van der Waals surface area contributed by atoms with Crippen molar-refractivity contribution in [1.29, 1.82) is 0 Å². The Morgan fingerprint density at radius 2 is 1.05 bits per heavy atom. The van der Waals surface area contributed by atoms with Gasteiger partial charge >= 0.3 is 0 Å². The van der Waals surface area contributed by atoms with Crippen LogP contribution >= 0.6 is 11.3 Å². The van der Waals surface area contributed by atoms with Crippen molar-refractivity contribution in [3.63, 3.8) is 0 Å². The highest BCUT2D eigenvalue weighted by molar-refractivity contribution is 7.26. The monoisotopic (exact) mass is 580 g/mol. The van der Waals surface area contributed by atoms with Crippen LogP contribution in [0.4, 0.5) is 0 Å². The molecule has 3 heterocycles. The lowest BCUT2D eigenvalue weighted by atomic mass is 10.0. The molecule has 206 valence electrons. The average Bonchev–Trinajstić information content (AvgIpc) is 3.64. The third-order valence-electron chi connectivity index (χ3n) is 8.28. The Morgan fingerprint density at radius 1 is 0.432 bits per heavy atom. The normalized spacial score (nSPS) is 11.6. The molecule has 0 aliphatic heterocycles. The zero-order chi connectivity index (χ0) is 29.0. The molecule has 0 aliphatic carbocycles. The molecule has 0 radical (unpaired) electrons. The largest absolute Gasteiger partial charge is 0.278 e. The molecule has 44 heavy (non-hydrogen) atoms. The number of hydrogen-bond donors (Lipinski definition) is 0. The summed E-state index contributed by atoms with van der Waals surface area (Å²) in [6.07, 6.45) is 0. The van der Waals surface area contributed by atoms with Gasteiger partial charge in [-0.1, -0.05) is 115 Å². The molecule has 9 aromatic rings. The number of para-hydroxylation sites is 2. The molecule has 0 fully saturated rings. The van der Waals surface area contributed by atoms with E-state index in [9.17, 15) is 0 Å². The molecule has 0 saturated carbocycles. The summed E-state index contributed by atoms with van der Waals surface area (Å²) in [5.41, 5.74) is 6.52. The van der Waals surface area contributed by atoms with Crippen LogP contribution in [0.1, 0.15) is 0 Å². The topological polar surface area (TPSA) is 43.6 Å². The molecule has 5 heteroatoms. The Bertz CT molecular complexity index is 2440. The van der Waals surface area contributed by atoms with E-state index in [2.05, 4.69) is 132 Å². The highest BCUT2D eigenvalue weighted by Gasteiger charge is 2.19. The molecular weight excluding hydrogens is 557 g/mol. The van der Waals surface area contributed by atoms with Gasteiger partial charge in [0.25, 0.3) is 0 Å². The molecule has 0 unspecified atom stereocenters. The van der Waals surface area contributed by atoms with Gasteiger partial charge in [0.1, 0.15) is 0 Å². The fourth-order valence-electron chi connectivity index (χ4n) is 6.22. The van der Waals surface area contributed by atoms with Crippen molar-refractivity contribution < 1.29 is 0 Å². The van der Waals surface area contributed by atoms with Crippen LogP contribution in [0.3, 0.4) is 0 Å². The number of fused-ring (bicyclic) bond motifs is 6. The van der Waals surface area contributed by atoms with Gasteiger partial charge in [0.05, 0.1) is 11.0 Å². The summed E-state index contributed by atoms with van der Waals surface area (Å²) in [6.45, 7) is 0. The van der Waals surface area contributed by atoms with E-state index in [4.69, 9.17) is 15.0 Å². The average molecular weight is 581 g/mol. The van der Waals surface area contributed by atoms with Gasteiger partial charge in [-0.05, 0) is 41.5 Å². The fourth-order valence-corrected chi connectivity index (χ4v) is 7.42. The molecule has 3 aromatic heterocycles. The molecule has 9 rings (SSSR count). The van der Waals surface area contributed by atoms with Crippen molar-refractivity contribution in [2.75, 3.05) is 0 Å². The summed E-state index contributed by atoms with van der Waals surface area (Å²) in [6, 6.07) is 50.8. The summed E-state index contributed by atoms with van der Waals surface area (Å²) < 4.78 is 4.58. The molecule has 0 saturated heterocycles. The van der Waals surface area contributed by atoms with E-state index < -0.39 is 0 Å². The molecule has 0 spiro atoms. The number of hydrogen-bond acceptors (Lipinski definition) is 4. The minimum absolute atomic E-state index is 0.607. The predicted molar refractivity (Wildman–Crippen MR) is 183 cm³/mol. The van der Waals surface area contributed by atoms with E-state index in [1.165, 1.54) is 42.1 Å². The van der Waals surface area contributed by atoms with Crippen LogP contribution in [0.2, 0.25) is 0 Å². The zero-order valence-electron chi connectivity index (χ0n) is 23.6. The summed E-state index contributed by atoms with van der Waals surface area (Å²) in [5, 5.41) is 4.80. The third kappa shape index (κ3) is 3.94. The fraction of sp³-hybridized carbons (Fsp3) is 0. The number of nitrogens with zero attached hydrogens (tertiary/aromatic N) is 4. The molecule has 0 amide bonds. The summed E-state index contributed by atoms with van der Waals surface area (Å²) in [5.74, 6) is 1.92. The Hall–Kier alpha value is -5.65. The standard InChI is InChI=1S/C39H24N4S/c1-3-12-25(13-4-1)27-22-23-35-32(24-27)30-18-11-19-31(36(30)44-35)38-40-37(26-14-5-2-6-15-26)41-39(42-38)43-33-20-9-7-16-28(33)29-17-8-10-21-34(29)43/h1-24H. The van der Waals surface area contributed by atoms with E-state index in [0.29, 0.717) is 17.6 Å². The first-order chi connectivity index (χ1) is 21.8. The highest BCUT2D eigenvalue weighted by Crippen LogP contribution is 2.41. The van der Waals surface area contributed by atoms with Gasteiger partial charge in [0, 0.05) is 42.1 Å². The second-order valence-electron chi connectivity index (χ2n) is 10.9. The molecule has 0 bridgehead atoms. The minimum atomic E-state index is 0.607. The van der Waals surface area contributed by atoms with E-state index >= 15 is 0 Å². The van der Waals surface area contributed by atoms with Crippen LogP contribution in [0.25, 0.3) is 81.8 Å². The van der Waals surface area contributed by atoms with E-state index in [1.807, 2.05) is 18.2 Å². The van der Waals surface area contributed by atoms with Crippen molar-refractivity contribution in [3.05, 3.63) is 146 Å². The van der Waals surface area contributed by atoms with Crippen LogP contribution in [-0.4, -0.2) is 19.5 Å². The first kappa shape index (κ1) is 24.9. The van der Waals surface area contributed by atoms with Crippen molar-refractivity contribution >= 4 is 53.3 Å². The van der Waals surface area contributed by atoms with Crippen LogP contribution in [0.5, 0.6) is 0 Å². The Labute approximate surface area is 257 Å². The smallest absolute Gasteiger partial charge is 0.238 e. The maximum atomic E-state index is 5.20. The molecule has 0 atom stereocenters. The Kier molecular flexibility index (Phi) is 5.64. The number of aromatic nitrogens is 4. The molecule has 6 aromatic carbocycles.